The number of carbonyl (C=O) groups is 2. The number of alkyl carbamates (subject to hydrolysis) is 1. The number of hydrogen-bond donors (Lipinski definition) is 1. The van der Waals surface area contributed by atoms with E-state index in [1.165, 1.54) is 13.4 Å². The zero-order valence-corrected chi connectivity index (χ0v) is 20.8. The molecule has 4 rings (SSSR count). The molecule has 2 heterocycles. The Bertz CT molecular complexity index is 1340. The van der Waals surface area contributed by atoms with Crippen molar-refractivity contribution in [1.82, 2.24) is 24.8 Å². The van der Waals surface area contributed by atoms with Crippen LogP contribution in [0.15, 0.2) is 67.3 Å². The Morgan fingerprint density at radius 3 is 2.36 bits per heavy atom. The summed E-state index contributed by atoms with van der Waals surface area (Å²) in [7, 11) is 1.28. The lowest BCUT2D eigenvalue weighted by atomic mass is 10.0. The molecule has 0 bridgehead atoms. The molecule has 0 fully saturated rings. The van der Waals surface area contributed by atoms with Gasteiger partial charge in [-0.05, 0) is 31.9 Å². The van der Waals surface area contributed by atoms with Gasteiger partial charge in [-0.1, -0.05) is 54.6 Å². The standard InChI is InChI=1S/C27H29N5O4/c1-27(2,3)36-26(34)31-21(25(33)35-4)14-18-10-12-20(13-11-18)22-23-24(29-16-28-22)32(17-30-23)15-19-8-6-5-7-9-19/h5-13,16-17,21H,14-15H2,1-4H3,(H,31,34). The summed E-state index contributed by atoms with van der Waals surface area (Å²) in [6.07, 6.45) is 2.88. The van der Waals surface area contributed by atoms with E-state index in [0.29, 0.717) is 12.1 Å². The third-order valence-electron chi connectivity index (χ3n) is 5.44. The number of methoxy groups -OCH3 is 1. The maximum absolute atomic E-state index is 12.3. The fraction of sp³-hybridized carbons (Fsp3) is 0.296. The van der Waals surface area contributed by atoms with Crippen molar-refractivity contribution in [2.24, 2.45) is 0 Å². The molecule has 0 saturated carbocycles. The number of ether oxygens (including phenoxy) is 2. The molecule has 1 atom stereocenters. The van der Waals surface area contributed by atoms with Crippen LogP contribution in [0.25, 0.3) is 22.4 Å². The van der Waals surface area contributed by atoms with E-state index in [4.69, 9.17) is 9.47 Å². The van der Waals surface area contributed by atoms with Gasteiger partial charge in [0, 0.05) is 12.0 Å². The normalized spacial score (nSPS) is 12.2. The number of benzene rings is 2. The van der Waals surface area contributed by atoms with Crippen molar-refractivity contribution < 1.29 is 19.1 Å². The van der Waals surface area contributed by atoms with Gasteiger partial charge in [0.1, 0.15) is 29.2 Å². The summed E-state index contributed by atoms with van der Waals surface area (Å²) in [5.41, 5.74) is 4.36. The lowest BCUT2D eigenvalue weighted by molar-refractivity contribution is -0.143. The number of imidazole rings is 1. The predicted molar refractivity (Wildman–Crippen MR) is 135 cm³/mol. The number of aromatic nitrogens is 4. The van der Waals surface area contributed by atoms with Crippen LogP contribution >= 0.6 is 0 Å². The van der Waals surface area contributed by atoms with Crippen molar-refractivity contribution in [3.05, 3.63) is 78.4 Å². The minimum atomic E-state index is -0.879. The van der Waals surface area contributed by atoms with Crippen molar-refractivity contribution in [3.8, 4) is 11.3 Å². The molecule has 9 nitrogen and oxygen atoms in total. The fourth-order valence-corrected chi connectivity index (χ4v) is 3.81. The van der Waals surface area contributed by atoms with Crippen molar-refractivity contribution in [2.45, 2.75) is 45.4 Å². The van der Waals surface area contributed by atoms with Crippen molar-refractivity contribution in [3.63, 3.8) is 0 Å². The summed E-state index contributed by atoms with van der Waals surface area (Å²) in [5, 5.41) is 2.60. The van der Waals surface area contributed by atoms with Crippen LogP contribution in [-0.4, -0.2) is 50.3 Å². The van der Waals surface area contributed by atoms with E-state index in [9.17, 15) is 9.59 Å². The van der Waals surface area contributed by atoms with Crippen LogP contribution in [0.3, 0.4) is 0 Å². The van der Waals surface area contributed by atoms with E-state index in [1.807, 2.05) is 47.0 Å². The molecule has 4 aromatic rings. The number of carbonyl (C=O) groups excluding carboxylic acids is 2. The molecule has 0 aliphatic heterocycles. The Labute approximate surface area is 209 Å². The van der Waals surface area contributed by atoms with Gasteiger partial charge in [0.25, 0.3) is 0 Å². The van der Waals surface area contributed by atoms with E-state index in [-0.39, 0.29) is 6.42 Å². The molecule has 1 unspecified atom stereocenters. The zero-order chi connectivity index (χ0) is 25.7. The molecule has 36 heavy (non-hydrogen) atoms. The topological polar surface area (TPSA) is 108 Å². The average Bonchev–Trinajstić information content (AvgIpc) is 3.26. The number of esters is 1. The van der Waals surface area contributed by atoms with Gasteiger partial charge in [0.2, 0.25) is 0 Å². The highest BCUT2D eigenvalue weighted by Crippen LogP contribution is 2.25. The summed E-state index contributed by atoms with van der Waals surface area (Å²) in [6, 6.07) is 16.8. The van der Waals surface area contributed by atoms with Gasteiger partial charge in [0.15, 0.2) is 5.65 Å². The summed E-state index contributed by atoms with van der Waals surface area (Å²) in [6.45, 7) is 5.93. The summed E-state index contributed by atoms with van der Waals surface area (Å²) in [5.74, 6) is -0.550. The Hall–Kier alpha value is -4.27. The molecule has 2 aromatic carbocycles. The zero-order valence-electron chi connectivity index (χ0n) is 20.8. The third-order valence-corrected chi connectivity index (χ3v) is 5.44. The van der Waals surface area contributed by atoms with Crippen LogP contribution in [0.1, 0.15) is 31.9 Å². The molecule has 0 saturated heterocycles. The maximum atomic E-state index is 12.3. The van der Waals surface area contributed by atoms with Crippen LogP contribution in [0.5, 0.6) is 0 Å². The maximum Gasteiger partial charge on any atom is 0.408 e. The quantitative estimate of drug-likeness (QED) is 0.390. The van der Waals surface area contributed by atoms with Gasteiger partial charge in [-0.15, -0.1) is 0 Å². The lowest BCUT2D eigenvalue weighted by Crippen LogP contribution is -2.45. The number of amides is 1. The second-order valence-corrected chi connectivity index (χ2v) is 9.38. The molecule has 0 spiro atoms. The van der Waals surface area contributed by atoms with Gasteiger partial charge in [0.05, 0.1) is 20.0 Å². The second-order valence-electron chi connectivity index (χ2n) is 9.38. The minimum absolute atomic E-state index is 0.247. The second kappa shape index (κ2) is 10.6. The highest BCUT2D eigenvalue weighted by Gasteiger charge is 2.25. The first-order valence-electron chi connectivity index (χ1n) is 11.6. The van der Waals surface area contributed by atoms with Gasteiger partial charge in [-0.25, -0.2) is 24.5 Å². The number of nitrogens with zero attached hydrogens (tertiary/aromatic N) is 4. The summed E-state index contributed by atoms with van der Waals surface area (Å²) in [4.78, 5) is 38.0. The Balaban J connectivity index is 1.52. The number of rotatable bonds is 7. The molecular formula is C27H29N5O4. The van der Waals surface area contributed by atoms with Gasteiger partial charge in [-0.3, -0.25) is 0 Å². The van der Waals surface area contributed by atoms with Crippen LogP contribution in [0.4, 0.5) is 4.79 Å². The van der Waals surface area contributed by atoms with E-state index in [2.05, 4.69) is 32.4 Å². The van der Waals surface area contributed by atoms with Gasteiger partial charge < -0.3 is 19.4 Å². The van der Waals surface area contributed by atoms with Crippen molar-refractivity contribution in [1.29, 1.82) is 0 Å². The Morgan fingerprint density at radius 2 is 1.69 bits per heavy atom. The largest absolute Gasteiger partial charge is 0.467 e. The molecule has 2 aromatic heterocycles. The molecule has 1 N–H and O–H groups in total. The number of hydrogen-bond acceptors (Lipinski definition) is 7. The minimum Gasteiger partial charge on any atom is -0.467 e. The first-order chi connectivity index (χ1) is 17.2. The highest BCUT2D eigenvalue weighted by molar-refractivity contribution is 5.87. The van der Waals surface area contributed by atoms with Crippen LogP contribution in [0.2, 0.25) is 0 Å². The number of nitrogens with one attached hydrogen (secondary N) is 1. The van der Waals surface area contributed by atoms with Crippen LogP contribution < -0.4 is 5.32 Å². The predicted octanol–water partition coefficient (Wildman–Crippen LogP) is 4.15. The lowest BCUT2D eigenvalue weighted by Gasteiger charge is -2.22. The van der Waals surface area contributed by atoms with Crippen LogP contribution in [-0.2, 0) is 27.2 Å². The molecule has 1 amide bonds. The molecule has 186 valence electrons. The first kappa shape index (κ1) is 24.8. The highest BCUT2D eigenvalue weighted by atomic mass is 16.6. The smallest absolute Gasteiger partial charge is 0.408 e. The molecule has 0 aliphatic rings. The van der Waals surface area contributed by atoms with Crippen molar-refractivity contribution in [2.75, 3.05) is 7.11 Å². The third kappa shape index (κ3) is 6.04. The van der Waals surface area contributed by atoms with E-state index >= 15 is 0 Å². The van der Waals surface area contributed by atoms with Gasteiger partial charge in [-0.2, -0.15) is 0 Å². The SMILES string of the molecule is COC(=O)C(Cc1ccc(-c2ncnc3c2ncn3Cc2ccccc2)cc1)NC(=O)OC(C)(C)C. The summed E-state index contributed by atoms with van der Waals surface area (Å²) >= 11 is 0. The molecular weight excluding hydrogens is 458 g/mol. The Morgan fingerprint density at radius 1 is 0.972 bits per heavy atom. The number of fused-ring (bicyclic) bond motifs is 1. The van der Waals surface area contributed by atoms with Crippen LogP contribution in [0, 0.1) is 0 Å². The van der Waals surface area contributed by atoms with E-state index in [1.54, 1.807) is 27.1 Å². The average molecular weight is 488 g/mol. The molecule has 9 heteroatoms. The monoisotopic (exact) mass is 487 g/mol. The molecule has 0 aliphatic carbocycles. The van der Waals surface area contributed by atoms with Gasteiger partial charge >= 0.3 is 12.1 Å². The van der Waals surface area contributed by atoms with E-state index in [0.717, 1.165) is 28.0 Å². The van der Waals surface area contributed by atoms with Crippen molar-refractivity contribution >= 4 is 23.2 Å². The van der Waals surface area contributed by atoms with E-state index < -0.39 is 23.7 Å². The fourth-order valence-electron chi connectivity index (χ4n) is 3.81. The summed E-state index contributed by atoms with van der Waals surface area (Å²) < 4.78 is 12.1. The molecule has 0 radical (unpaired) electrons. The Kier molecular flexibility index (Phi) is 7.28. The first-order valence-corrected chi connectivity index (χ1v) is 11.6.